The second-order valence-corrected chi connectivity index (χ2v) is 5.00. The maximum atomic E-state index is 12.9. The molecule has 0 aromatic carbocycles. The van der Waals surface area contributed by atoms with Crippen LogP contribution in [-0.4, -0.2) is 23.0 Å². The van der Waals surface area contributed by atoms with Crippen molar-refractivity contribution in [2.45, 2.75) is 37.6 Å². The highest BCUT2D eigenvalue weighted by Crippen LogP contribution is 2.25. The van der Waals surface area contributed by atoms with Gasteiger partial charge in [0.1, 0.15) is 5.82 Å². The number of pyridine rings is 1. The molecule has 0 aliphatic heterocycles. The Morgan fingerprint density at radius 3 is 2.55 bits per heavy atom. The molecule has 7 heteroatoms. The lowest BCUT2D eigenvalue weighted by molar-refractivity contribution is 0.0937. The number of halogens is 3. The molecular formula is C13H20Cl2FN3O. The van der Waals surface area contributed by atoms with Gasteiger partial charge in [-0.25, -0.2) is 4.39 Å². The number of carbonyl (C=O) groups excluding carboxylic acids is 1. The molecule has 1 fully saturated rings. The van der Waals surface area contributed by atoms with Crippen LogP contribution < -0.4 is 11.1 Å². The lowest BCUT2D eigenvalue weighted by Crippen LogP contribution is -2.51. The minimum Gasteiger partial charge on any atom is -0.350 e. The molecular weight excluding hydrogens is 304 g/mol. The minimum atomic E-state index is -0.511. The number of hydrogen-bond donors (Lipinski definition) is 2. The summed E-state index contributed by atoms with van der Waals surface area (Å²) in [6, 6.07) is 1.17. The van der Waals surface area contributed by atoms with E-state index in [0.717, 1.165) is 31.9 Å². The van der Waals surface area contributed by atoms with Gasteiger partial charge in [0, 0.05) is 18.3 Å². The number of nitrogens with zero attached hydrogens (tertiary/aromatic N) is 1. The summed E-state index contributed by atoms with van der Waals surface area (Å²) >= 11 is 0. The number of amides is 1. The molecule has 1 aromatic rings. The van der Waals surface area contributed by atoms with Crippen LogP contribution in [-0.2, 0) is 0 Å². The molecule has 2 rings (SSSR count). The predicted molar refractivity (Wildman–Crippen MR) is 81.0 cm³/mol. The van der Waals surface area contributed by atoms with E-state index < -0.39 is 5.82 Å². The molecule has 1 aromatic heterocycles. The Morgan fingerprint density at radius 1 is 1.30 bits per heavy atom. The maximum absolute atomic E-state index is 12.9. The molecule has 0 spiro atoms. The van der Waals surface area contributed by atoms with Crippen molar-refractivity contribution >= 4 is 30.7 Å². The second-order valence-electron chi connectivity index (χ2n) is 5.00. The monoisotopic (exact) mass is 323 g/mol. The van der Waals surface area contributed by atoms with E-state index in [9.17, 15) is 9.18 Å². The molecule has 3 N–H and O–H groups in total. The molecule has 0 bridgehead atoms. The average molecular weight is 324 g/mol. The van der Waals surface area contributed by atoms with E-state index in [1.165, 1.54) is 18.7 Å². The fourth-order valence-electron chi connectivity index (χ4n) is 2.33. The van der Waals surface area contributed by atoms with Crippen molar-refractivity contribution in [3.05, 3.63) is 29.8 Å². The molecule has 20 heavy (non-hydrogen) atoms. The number of nitrogens with one attached hydrogen (secondary N) is 1. The molecule has 1 heterocycles. The molecule has 0 saturated heterocycles. The number of aromatic nitrogens is 1. The fraction of sp³-hybridized carbons (Fsp3) is 0.538. The smallest absolute Gasteiger partial charge is 0.253 e. The van der Waals surface area contributed by atoms with Crippen molar-refractivity contribution in [2.75, 3.05) is 6.54 Å². The Kier molecular flexibility index (Phi) is 8.01. The van der Waals surface area contributed by atoms with Crippen LogP contribution in [0.5, 0.6) is 0 Å². The van der Waals surface area contributed by atoms with Gasteiger partial charge in [0.15, 0.2) is 0 Å². The van der Waals surface area contributed by atoms with Gasteiger partial charge in [0.2, 0.25) is 0 Å². The van der Waals surface area contributed by atoms with Crippen molar-refractivity contribution in [1.82, 2.24) is 10.3 Å². The molecule has 1 saturated carbocycles. The molecule has 1 amide bonds. The lowest BCUT2D eigenvalue weighted by atomic mass is 9.82. The van der Waals surface area contributed by atoms with Gasteiger partial charge < -0.3 is 11.1 Å². The van der Waals surface area contributed by atoms with Crippen LogP contribution in [0.1, 0.15) is 42.5 Å². The fourth-order valence-corrected chi connectivity index (χ4v) is 2.33. The zero-order chi connectivity index (χ0) is 13.0. The van der Waals surface area contributed by atoms with Crippen LogP contribution in [0.3, 0.4) is 0 Å². The quantitative estimate of drug-likeness (QED) is 0.897. The summed E-state index contributed by atoms with van der Waals surface area (Å²) in [7, 11) is 0. The first kappa shape index (κ1) is 19.1. The SMILES string of the molecule is Cl.Cl.NC1(CNC(=O)c2cncc(F)c2)CCCCC1. The summed E-state index contributed by atoms with van der Waals surface area (Å²) in [5, 5.41) is 2.77. The summed E-state index contributed by atoms with van der Waals surface area (Å²) in [6.45, 7) is 0.433. The highest BCUT2D eigenvalue weighted by atomic mass is 35.5. The Labute approximate surface area is 130 Å². The molecule has 4 nitrogen and oxygen atoms in total. The Balaban J connectivity index is 0.00000180. The zero-order valence-electron chi connectivity index (χ0n) is 11.1. The van der Waals surface area contributed by atoms with Gasteiger partial charge >= 0.3 is 0 Å². The van der Waals surface area contributed by atoms with Gasteiger partial charge in [0.05, 0.1) is 11.8 Å². The first-order valence-corrected chi connectivity index (χ1v) is 6.27. The highest BCUT2D eigenvalue weighted by Gasteiger charge is 2.27. The zero-order valence-corrected chi connectivity index (χ0v) is 12.7. The number of hydrogen-bond acceptors (Lipinski definition) is 3. The van der Waals surface area contributed by atoms with Gasteiger partial charge in [-0.1, -0.05) is 19.3 Å². The third-order valence-corrected chi connectivity index (χ3v) is 3.42. The maximum Gasteiger partial charge on any atom is 0.253 e. The summed E-state index contributed by atoms with van der Waals surface area (Å²) in [4.78, 5) is 15.5. The molecule has 1 aliphatic rings. The van der Waals surface area contributed by atoms with Crippen LogP contribution >= 0.6 is 24.8 Å². The van der Waals surface area contributed by atoms with E-state index in [1.807, 2.05) is 0 Å². The van der Waals surface area contributed by atoms with Crippen LogP contribution in [0, 0.1) is 5.82 Å². The largest absolute Gasteiger partial charge is 0.350 e. The van der Waals surface area contributed by atoms with Crippen molar-refractivity contribution in [1.29, 1.82) is 0 Å². The number of rotatable bonds is 3. The van der Waals surface area contributed by atoms with Crippen LogP contribution in [0.2, 0.25) is 0 Å². The minimum absolute atomic E-state index is 0. The van der Waals surface area contributed by atoms with Gasteiger partial charge in [-0.2, -0.15) is 0 Å². The molecule has 0 unspecified atom stereocenters. The number of carbonyl (C=O) groups is 1. The molecule has 0 atom stereocenters. The summed E-state index contributed by atoms with van der Waals surface area (Å²) in [5.41, 5.74) is 6.13. The second kappa shape index (κ2) is 8.39. The third-order valence-electron chi connectivity index (χ3n) is 3.42. The van der Waals surface area contributed by atoms with E-state index in [1.54, 1.807) is 0 Å². The van der Waals surface area contributed by atoms with Crippen molar-refractivity contribution in [3.8, 4) is 0 Å². The van der Waals surface area contributed by atoms with Crippen LogP contribution in [0.25, 0.3) is 0 Å². The van der Waals surface area contributed by atoms with Crippen molar-refractivity contribution < 1.29 is 9.18 Å². The highest BCUT2D eigenvalue weighted by molar-refractivity contribution is 5.93. The first-order chi connectivity index (χ1) is 8.59. The molecule has 114 valence electrons. The van der Waals surface area contributed by atoms with E-state index >= 15 is 0 Å². The van der Waals surface area contributed by atoms with Crippen LogP contribution in [0.15, 0.2) is 18.5 Å². The Bertz CT molecular complexity index is 439. The Morgan fingerprint density at radius 2 is 1.95 bits per heavy atom. The molecule has 0 radical (unpaired) electrons. The summed E-state index contributed by atoms with van der Waals surface area (Å²) in [5.74, 6) is -0.833. The van der Waals surface area contributed by atoms with Crippen molar-refractivity contribution in [2.24, 2.45) is 5.73 Å². The molecule has 1 aliphatic carbocycles. The number of nitrogens with two attached hydrogens (primary N) is 1. The summed E-state index contributed by atoms with van der Waals surface area (Å²) < 4.78 is 12.9. The van der Waals surface area contributed by atoms with Gasteiger partial charge in [0.25, 0.3) is 5.91 Å². The Hall–Kier alpha value is -0.910. The van der Waals surface area contributed by atoms with E-state index in [2.05, 4.69) is 10.3 Å². The van der Waals surface area contributed by atoms with Gasteiger partial charge in [-0.15, -0.1) is 24.8 Å². The standard InChI is InChI=1S/C13H18FN3O.2ClH/c14-11-6-10(7-16-8-11)12(18)17-9-13(15)4-2-1-3-5-13;;/h6-8H,1-5,9,15H2,(H,17,18);2*1H. The van der Waals surface area contributed by atoms with Crippen molar-refractivity contribution in [3.63, 3.8) is 0 Å². The van der Waals surface area contributed by atoms with Gasteiger partial charge in [-0.3, -0.25) is 9.78 Å². The van der Waals surface area contributed by atoms with Crippen LogP contribution in [0.4, 0.5) is 4.39 Å². The topological polar surface area (TPSA) is 68.0 Å². The normalized spacial score (nSPS) is 16.5. The van der Waals surface area contributed by atoms with E-state index in [0.29, 0.717) is 6.54 Å². The average Bonchev–Trinajstić information content (AvgIpc) is 2.37. The lowest BCUT2D eigenvalue weighted by Gasteiger charge is -2.33. The summed E-state index contributed by atoms with van der Waals surface area (Å²) in [6.07, 6.45) is 7.69. The predicted octanol–water partition coefficient (Wildman–Crippen LogP) is 2.46. The first-order valence-electron chi connectivity index (χ1n) is 6.27. The van der Waals surface area contributed by atoms with E-state index in [-0.39, 0.29) is 41.8 Å². The van der Waals surface area contributed by atoms with E-state index in [4.69, 9.17) is 5.73 Å². The van der Waals surface area contributed by atoms with Gasteiger partial charge in [-0.05, 0) is 18.9 Å². The third kappa shape index (κ3) is 5.23.